The van der Waals surface area contributed by atoms with E-state index >= 15 is 0 Å². The molecule has 1 aliphatic carbocycles. The number of rotatable bonds is 7. The SMILES string of the molecule is O=C(CC(c1ccccc1)c1ccccc1)N1CCN(C(C2=CCCC=C2)c2ccccc2)CC1. The molecule has 3 aromatic carbocycles. The molecule has 3 aromatic rings. The van der Waals surface area contributed by atoms with Crippen molar-refractivity contribution in [3.8, 4) is 0 Å². The smallest absolute Gasteiger partial charge is 0.223 e. The Morgan fingerprint density at radius 2 is 1.23 bits per heavy atom. The van der Waals surface area contributed by atoms with Crippen LogP contribution in [0.4, 0.5) is 0 Å². The van der Waals surface area contributed by atoms with Gasteiger partial charge in [-0.3, -0.25) is 9.69 Å². The van der Waals surface area contributed by atoms with Crippen LogP contribution in [0.2, 0.25) is 0 Å². The summed E-state index contributed by atoms with van der Waals surface area (Å²) in [7, 11) is 0. The van der Waals surface area contributed by atoms with Gasteiger partial charge in [-0.05, 0) is 35.1 Å². The van der Waals surface area contributed by atoms with E-state index in [-0.39, 0.29) is 17.9 Å². The lowest BCUT2D eigenvalue weighted by molar-refractivity contribution is -0.133. The first-order valence-electron chi connectivity index (χ1n) is 12.8. The summed E-state index contributed by atoms with van der Waals surface area (Å²) >= 11 is 0. The minimum Gasteiger partial charge on any atom is -0.340 e. The quantitative estimate of drug-likeness (QED) is 0.407. The number of benzene rings is 3. The number of carbonyl (C=O) groups excluding carboxylic acids is 1. The molecule has 0 N–H and O–H groups in total. The van der Waals surface area contributed by atoms with Crippen LogP contribution in [0.15, 0.2) is 115 Å². The second-order valence-electron chi connectivity index (χ2n) is 9.49. The van der Waals surface area contributed by atoms with Crippen LogP contribution in [0, 0.1) is 0 Å². The van der Waals surface area contributed by atoms with Crippen LogP contribution >= 0.6 is 0 Å². The number of nitrogens with zero attached hydrogens (tertiary/aromatic N) is 2. The Kier molecular flexibility index (Phi) is 7.55. The molecule has 1 fully saturated rings. The van der Waals surface area contributed by atoms with Gasteiger partial charge in [-0.1, -0.05) is 109 Å². The largest absolute Gasteiger partial charge is 0.340 e. The lowest BCUT2D eigenvalue weighted by Crippen LogP contribution is -2.50. The molecule has 3 heteroatoms. The maximum absolute atomic E-state index is 13.5. The van der Waals surface area contributed by atoms with Gasteiger partial charge in [-0.25, -0.2) is 0 Å². The zero-order chi connectivity index (χ0) is 23.9. The van der Waals surface area contributed by atoms with E-state index in [0.717, 1.165) is 39.0 Å². The molecule has 3 nitrogen and oxygen atoms in total. The van der Waals surface area contributed by atoms with Crippen LogP contribution in [-0.2, 0) is 4.79 Å². The van der Waals surface area contributed by atoms with Gasteiger partial charge in [0.15, 0.2) is 0 Å². The number of hydrogen-bond donors (Lipinski definition) is 0. The normalized spacial score (nSPS) is 17.3. The molecule has 1 aliphatic heterocycles. The molecule has 0 spiro atoms. The third-order valence-electron chi connectivity index (χ3n) is 7.27. The van der Waals surface area contributed by atoms with Gasteiger partial charge in [-0.15, -0.1) is 0 Å². The Morgan fingerprint density at radius 3 is 1.74 bits per heavy atom. The van der Waals surface area contributed by atoms with E-state index in [0.29, 0.717) is 6.42 Å². The zero-order valence-electron chi connectivity index (χ0n) is 20.3. The van der Waals surface area contributed by atoms with Gasteiger partial charge in [0.2, 0.25) is 5.91 Å². The van der Waals surface area contributed by atoms with Crippen molar-refractivity contribution in [1.29, 1.82) is 0 Å². The van der Waals surface area contributed by atoms with Crippen molar-refractivity contribution in [2.24, 2.45) is 0 Å². The van der Waals surface area contributed by atoms with E-state index in [2.05, 4.69) is 107 Å². The van der Waals surface area contributed by atoms with E-state index in [1.54, 1.807) is 0 Å². The van der Waals surface area contributed by atoms with Crippen LogP contribution in [0.1, 0.15) is 47.9 Å². The molecule has 0 saturated carbocycles. The predicted octanol–water partition coefficient (Wildman–Crippen LogP) is 6.37. The molecule has 0 aromatic heterocycles. The molecule has 0 radical (unpaired) electrons. The monoisotopic (exact) mass is 462 g/mol. The zero-order valence-corrected chi connectivity index (χ0v) is 20.3. The van der Waals surface area contributed by atoms with Crippen LogP contribution in [0.5, 0.6) is 0 Å². The number of amides is 1. The van der Waals surface area contributed by atoms with E-state index < -0.39 is 0 Å². The summed E-state index contributed by atoms with van der Waals surface area (Å²) in [6.45, 7) is 3.32. The number of piperazine rings is 1. The fraction of sp³-hybridized carbons (Fsp3) is 0.281. The van der Waals surface area contributed by atoms with Crippen LogP contribution in [0.25, 0.3) is 0 Å². The standard InChI is InChI=1S/C32H34N2O/c35-31(25-30(26-13-5-1-6-14-26)27-15-7-2-8-16-27)33-21-23-34(24-22-33)32(28-17-9-3-10-18-28)29-19-11-4-12-20-29/h1-3,5-11,13-20,30,32H,4,12,21-25H2. The molecule has 1 saturated heterocycles. The summed E-state index contributed by atoms with van der Waals surface area (Å²) in [6, 6.07) is 31.9. The van der Waals surface area contributed by atoms with E-state index in [1.165, 1.54) is 22.3 Å². The first kappa shape index (κ1) is 23.3. The molecule has 35 heavy (non-hydrogen) atoms. The number of hydrogen-bond acceptors (Lipinski definition) is 2. The topological polar surface area (TPSA) is 23.6 Å². The van der Waals surface area contributed by atoms with Crippen molar-refractivity contribution in [2.75, 3.05) is 26.2 Å². The van der Waals surface area contributed by atoms with Crippen molar-refractivity contribution in [3.63, 3.8) is 0 Å². The molecule has 178 valence electrons. The van der Waals surface area contributed by atoms with Crippen molar-refractivity contribution in [3.05, 3.63) is 131 Å². The minimum atomic E-state index is 0.0810. The second-order valence-corrected chi connectivity index (χ2v) is 9.49. The summed E-state index contributed by atoms with van der Waals surface area (Å²) < 4.78 is 0. The van der Waals surface area contributed by atoms with Crippen LogP contribution < -0.4 is 0 Å². The Bertz CT molecular complexity index is 1110. The molecule has 5 rings (SSSR count). The van der Waals surface area contributed by atoms with Crippen molar-refractivity contribution >= 4 is 5.91 Å². The first-order chi connectivity index (χ1) is 17.3. The highest BCUT2D eigenvalue weighted by molar-refractivity contribution is 5.78. The Labute approximate surface area is 209 Å². The Hall–Kier alpha value is -3.43. The molecular weight excluding hydrogens is 428 g/mol. The summed E-state index contributed by atoms with van der Waals surface area (Å²) in [5.74, 6) is 0.327. The molecule has 1 heterocycles. The number of allylic oxidation sites excluding steroid dienone is 2. The molecule has 2 aliphatic rings. The van der Waals surface area contributed by atoms with Gasteiger partial charge < -0.3 is 4.90 Å². The summed E-state index contributed by atoms with van der Waals surface area (Å²) in [5, 5.41) is 0. The van der Waals surface area contributed by atoms with E-state index in [9.17, 15) is 4.79 Å². The highest BCUT2D eigenvalue weighted by Crippen LogP contribution is 2.33. The highest BCUT2D eigenvalue weighted by Gasteiger charge is 2.30. The first-order valence-corrected chi connectivity index (χ1v) is 12.8. The molecular formula is C32H34N2O. The summed E-state index contributed by atoms with van der Waals surface area (Å²) in [6.07, 6.45) is 9.70. The molecule has 1 amide bonds. The van der Waals surface area contributed by atoms with Crippen LogP contribution in [-0.4, -0.2) is 41.9 Å². The summed E-state index contributed by atoms with van der Waals surface area (Å²) in [5.41, 5.74) is 5.12. The van der Waals surface area contributed by atoms with Crippen LogP contribution in [0.3, 0.4) is 0 Å². The van der Waals surface area contributed by atoms with E-state index in [1.807, 2.05) is 12.1 Å². The van der Waals surface area contributed by atoms with Crippen molar-refractivity contribution in [1.82, 2.24) is 9.80 Å². The third-order valence-corrected chi connectivity index (χ3v) is 7.27. The van der Waals surface area contributed by atoms with Crippen molar-refractivity contribution in [2.45, 2.75) is 31.2 Å². The average Bonchev–Trinajstić information content (AvgIpc) is 2.94. The minimum absolute atomic E-state index is 0.0810. The maximum atomic E-state index is 13.5. The Balaban J connectivity index is 1.29. The fourth-order valence-electron chi connectivity index (χ4n) is 5.42. The second kappa shape index (κ2) is 11.3. The lowest BCUT2D eigenvalue weighted by Gasteiger charge is -2.40. The van der Waals surface area contributed by atoms with Gasteiger partial charge in [0.25, 0.3) is 0 Å². The maximum Gasteiger partial charge on any atom is 0.223 e. The molecule has 1 atom stereocenters. The van der Waals surface area contributed by atoms with Gasteiger partial charge in [-0.2, -0.15) is 0 Å². The summed E-state index contributed by atoms with van der Waals surface area (Å²) in [4.78, 5) is 18.1. The third kappa shape index (κ3) is 5.63. The van der Waals surface area contributed by atoms with Crippen molar-refractivity contribution < 1.29 is 4.79 Å². The van der Waals surface area contributed by atoms with E-state index in [4.69, 9.17) is 0 Å². The fourth-order valence-corrected chi connectivity index (χ4v) is 5.42. The van der Waals surface area contributed by atoms with Gasteiger partial charge in [0.05, 0.1) is 6.04 Å². The number of carbonyl (C=O) groups is 1. The average molecular weight is 463 g/mol. The van der Waals surface area contributed by atoms with Gasteiger partial charge in [0.1, 0.15) is 0 Å². The predicted molar refractivity (Wildman–Crippen MR) is 143 cm³/mol. The van der Waals surface area contributed by atoms with Gasteiger partial charge >= 0.3 is 0 Å². The molecule has 1 unspecified atom stereocenters. The Morgan fingerprint density at radius 1 is 0.686 bits per heavy atom. The molecule has 0 bridgehead atoms. The lowest BCUT2D eigenvalue weighted by atomic mass is 9.88. The van der Waals surface area contributed by atoms with Gasteiger partial charge in [0, 0.05) is 38.5 Å². The highest BCUT2D eigenvalue weighted by atomic mass is 16.2.